The second kappa shape index (κ2) is 6.44. The van der Waals surface area contributed by atoms with Gasteiger partial charge in [-0.15, -0.1) is 6.42 Å². The molecule has 0 fully saturated rings. The Morgan fingerprint density at radius 1 is 1.60 bits per heavy atom. The van der Waals surface area contributed by atoms with E-state index in [1.165, 1.54) is 0 Å². The van der Waals surface area contributed by atoms with Crippen molar-refractivity contribution in [3.05, 3.63) is 0 Å². The van der Waals surface area contributed by atoms with E-state index in [2.05, 4.69) is 25.1 Å². The monoisotopic (exact) mass is 211 g/mol. The first-order chi connectivity index (χ1) is 6.91. The molecule has 0 unspecified atom stereocenters. The van der Waals surface area contributed by atoms with Crippen LogP contribution >= 0.6 is 0 Å². The lowest BCUT2D eigenvalue weighted by Crippen LogP contribution is -2.42. The number of nitrogens with zero attached hydrogens (tertiary/aromatic N) is 1. The first-order valence-corrected chi connectivity index (χ1v) is 5.00. The van der Waals surface area contributed by atoms with Crippen molar-refractivity contribution in [1.82, 2.24) is 10.2 Å². The fraction of sp³-hybridized carbons (Fsp3) is 0.727. The third kappa shape index (κ3) is 6.95. The van der Waals surface area contributed by atoms with Crippen molar-refractivity contribution in [2.45, 2.75) is 13.8 Å². The van der Waals surface area contributed by atoms with Crippen LogP contribution in [-0.4, -0.2) is 44.0 Å². The molecule has 0 bridgehead atoms. The van der Waals surface area contributed by atoms with Crippen molar-refractivity contribution >= 4 is 5.91 Å². The van der Waals surface area contributed by atoms with Crippen LogP contribution in [0.25, 0.3) is 0 Å². The van der Waals surface area contributed by atoms with Gasteiger partial charge in [0.25, 0.3) is 0 Å². The molecule has 0 spiro atoms. The summed E-state index contributed by atoms with van der Waals surface area (Å²) in [5.41, 5.74) is 5.64. The minimum absolute atomic E-state index is 0.0289. The summed E-state index contributed by atoms with van der Waals surface area (Å²) in [5, 5.41) is 2.62. The molecular formula is C11H21N3O. The predicted octanol–water partition coefficient (Wildman–Crippen LogP) is -0.347. The van der Waals surface area contributed by atoms with Crippen LogP contribution in [0.4, 0.5) is 0 Å². The number of hydrogen-bond donors (Lipinski definition) is 2. The molecule has 86 valence electrons. The molecule has 1 amide bonds. The van der Waals surface area contributed by atoms with Crippen LogP contribution in [0, 0.1) is 17.8 Å². The molecule has 0 saturated carbocycles. The number of nitrogens with two attached hydrogens (primary N) is 1. The van der Waals surface area contributed by atoms with Gasteiger partial charge in [-0.05, 0) is 19.0 Å². The number of amides is 1. The van der Waals surface area contributed by atoms with Crippen LogP contribution in [0.5, 0.6) is 0 Å². The number of rotatable bonds is 6. The maximum absolute atomic E-state index is 11.3. The number of terminal acetylenes is 1. The largest absolute Gasteiger partial charge is 0.344 e. The van der Waals surface area contributed by atoms with Crippen molar-refractivity contribution in [2.24, 2.45) is 11.1 Å². The normalized spacial score (nSPS) is 11.2. The van der Waals surface area contributed by atoms with Gasteiger partial charge in [-0.25, -0.2) is 0 Å². The average Bonchev–Trinajstić information content (AvgIpc) is 2.13. The molecular weight excluding hydrogens is 190 g/mol. The topological polar surface area (TPSA) is 58.4 Å². The Balaban J connectivity index is 3.89. The molecule has 0 heterocycles. The van der Waals surface area contributed by atoms with E-state index in [1.54, 1.807) is 0 Å². The summed E-state index contributed by atoms with van der Waals surface area (Å²) in [5.74, 6) is 2.31. The highest BCUT2D eigenvalue weighted by atomic mass is 16.1. The third-order valence-corrected chi connectivity index (χ3v) is 2.05. The van der Waals surface area contributed by atoms with Crippen molar-refractivity contribution in [3.8, 4) is 12.3 Å². The number of carbonyl (C=O) groups excluding carboxylic acids is 1. The summed E-state index contributed by atoms with van der Waals surface area (Å²) in [7, 11) is 1.90. The van der Waals surface area contributed by atoms with Gasteiger partial charge >= 0.3 is 0 Å². The lowest BCUT2D eigenvalue weighted by atomic mass is 9.93. The fourth-order valence-corrected chi connectivity index (χ4v) is 1.30. The average molecular weight is 211 g/mol. The van der Waals surface area contributed by atoms with Crippen LogP contribution < -0.4 is 11.1 Å². The maximum atomic E-state index is 11.3. The summed E-state index contributed by atoms with van der Waals surface area (Å²) < 4.78 is 0. The summed E-state index contributed by atoms with van der Waals surface area (Å²) in [6, 6.07) is 0. The molecule has 0 aliphatic rings. The van der Waals surface area contributed by atoms with Gasteiger partial charge < -0.3 is 11.1 Å². The molecule has 0 radical (unpaired) electrons. The zero-order chi connectivity index (χ0) is 11.9. The molecule has 0 atom stereocenters. The van der Waals surface area contributed by atoms with Crippen LogP contribution in [0.3, 0.4) is 0 Å². The first kappa shape index (κ1) is 13.9. The van der Waals surface area contributed by atoms with Crippen LogP contribution in [0.15, 0.2) is 0 Å². The van der Waals surface area contributed by atoms with Crippen molar-refractivity contribution in [3.63, 3.8) is 0 Å². The Kier molecular flexibility index (Phi) is 5.99. The molecule has 0 rings (SSSR count). The second-order valence-corrected chi connectivity index (χ2v) is 4.52. The first-order valence-electron chi connectivity index (χ1n) is 5.00. The standard InChI is InChI=1S/C11H21N3O/c1-5-6-13-10(15)7-14(4)9-11(2,3)8-12/h1H,6-9,12H2,2-4H3,(H,13,15). The van der Waals surface area contributed by atoms with Crippen molar-refractivity contribution in [2.75, 3.05) is 33.2 Å². The van der Waals surface area contributed by atoms with Crippen molar-refractivity contribution in [1.29, 1.82) is 0 Å². The van der Waals surface area contributed by atoms with Gasteiger partial charge in [0.1, 0.15) is 0 Å². The number of carbonyl (C=O) groups is 1. The summed E-state index contributed by atoms with van der Waals surface area (Å²) in [6.45, 7) is 6.17. The van der Waals surface area contributed by atoms with E-state index in [0.29, 0.717) is 13.1 Å². The van der Waals surface area contributed by atoms with E-state index in [-0.39, 0.29) is 17.9 Å². The molecule has 3 N–H and O–H groups in total. The minimum Gasteiger partial charge on any atom is -0.344 e. The zero-order valence-electron chi connectivity index (χ0n) is 9.84. The molecule has 4 nitrogen and oxygen atoms in total. The van der Waals surface area contributed by atoms with E-state index in [1.807, 2.05) is 11.9 Å². The highest BCUT2D eigenvalue weighted by molar-refractivity contribution is 5.78. The Morgan fingerprint density at radius 2 is 2.20 bits per heavy atom. The predicted molar refractivity (Wildman–Crippen MR) is 62.2 cm³/mol. The number of hydrogen-bond acceptors (Lipinski definition) is 3. The lowest BCUT2D eigenvalue weighted by molar-refractivity contribution is -0.121. The highest BCUT2D eigenvalue weighted by Crippen LogP contribution is 2.13. The third-order valence-electron chi connectivity index (χ3n) is 2.05. The number of likely N-dealkylation sites (N-methyl/N-ethyl adjacent to an activating group) is 1. The Hall–Kier alpha value is -1.05. The Morgan fingerprint density at radius 3 is 2.67 bits per heavy atom. The summed E-state index contributed by atoms with van der Waals surface area (Å²) in [6.07, 6.45) is 5.04. The highest BCUT2D eigenvalue weighted by Gasteiger charge is 2.19. The quantitative estimate of drug-likeness (QED) is 0.591. The molecule has 0 saturated heterocycles. The van der Waals surface area contributed by atoms with Gasteiger partial charge in [-0.2, -0.15) is 0 Å². The summed E-state index contributed by atoms with van der Waals surface area (Å²) in [4.78, 5) is 13.3. The SMILES string of the molecule is C#CCNC(=O)CN(C)CC(C)(C)CN. The lowest BCUT2D eigenvalue weighted by Gasteiger charge is -2.28. The van der Waals surface area contributed by atoms with Gasteiger partial charge in [0.15, 0.2) is 0 Å². The van der Waals surface area contributed by atoms with Gasteiger partial charge in [0.2, 0.25) is 5.91 Å². The van der Waals surface area contributed by atoms with E-state index in [9.17, 15) is 4.79 Å². The van der Waals surface area contributed by atoms with Crippen LogP contribution in [-0.2, 0) is 4.79 Å². The fourth-order valence-electron chi connectivity index (χ4n) is 1.30. The molecule has 15 heavy (non-hydrogen) atoms. The molecule has 0 aromatic carbocycles. The summed E-state index contributed by atoms with van der Waals surface area (Å²) >= 11 is 0. The van der Waals surface area contributed by atoms with E-state index in [4.69, 9.17) is 12.2 Å². The van der Waals surface area contributed by atoms with Crippen molar-refractivity contribution < 1.29 is 4.79 Å². The molecule has 0 aliphatic carbocycles. The Labute approximate surface area is 92.2 Å². The second-order valence-electron chi connectivity index (χ2n) is 4.52. The van der Waals surface area contributed by atoms with Gasteiger partial charge in [-0.3, -0.25) is 9.69 Å². The maximum Gasteiger partial charge on any atom is 0.234 e. The van der Waals surface area contributed by atoms with E-state index >= 15 is 0 Å². The van der Waals surface area contributed by atoms with E-state index < -0.39 is 0 Å². The molecule has 0 aromatic heterocycles. The number of nitrogens with one attached hydrogen (secondary N) is 1. The zero-order valence-corrected chi connectivity index (χ0v) is 9.84. The van der Waals surface area contributed by atoms with Crippen LogP contribution in [0.1, 0.15) is 13.8 Å². The molecule has 0 aliphatic heterocycles. The van der Waals surface area contributed by atoms with Gasteiger partial charge in [-0.1, -0.05) is 19.8 Å². The minimum atomic E-state index is -0.0525. The van der Waals surface area contributed by atoms with Crippen LogP contribution in [0.2, 0.25) is 0 Å². The molecule has 0 aromatic rings. The van der Waals surface area contributed by atoms with Gasteiger partial charge in [0, 0.05) is 6.54 Å². The smallest absolute Gasteiger partial charge is 0.234 e. The van der Waals surface area contributed by atoms with E-state index in [0.717, 1.165) is 6.54 Å². The molecule has 4 heteroatoms. The Bertz CT molecular complexity index is 243. The van der Waals surface area contributed by atoms with Gasteiger partial charge in [0.05, 0.1) is 13.1 Å².